The van der Waals surface area contributed by atoms with Crippen LogP contribution in [0.25, 0.3) is 0 Å². The monoisotopic (exact) mass is 270 g/mol. The van der Waals surface area contributed by atoms with Crippen molar-refractivity contribution < 1.29 is 9.90 Å². The molecule has 4 nitrogen and oxygen atoms in total. The van der Waals surface area contributed by atoms with Crippen LogP contribution in [-0.2, 0) is 17.6 Å². The number of benzene rings is 2. The normalized spacial score (nSPS) is 10.2. The van der Waals surface area contributed by atoms with Crippen molar-refractivity contribution in [1.29, 1.82) is 0 Å². The second kappa shape index (κ2) is 6.10. The lowest BCUT2D eigenvalue weighted by Crippen LogP contribution is -2.14. The number of nitrogens with two attached hydrogens (primary N) is 1. The predicted octanol–water partition coefficient (Wildman–Crippen LogP) is 2.72. The number of carbonyl (C=O) groups is 1. The second-order valence-electron chi connectivity index (χ2n) is 4.67. The summed E-state index contributed by atoms with van der Waals surface area (Å²) < 4.78 is 0. The van der Waals surface area contributed by atoms with Crippen molar-refractivity contribution in [3.8, 4) is 5.75 Å². The minimum Gasteiger partial charge on any atom is -0.506 e. The van der Waals surface area contributed by atoms with E-state index in [1.165, 1.54) is 0 Å². The predicted molar refractivity (Wildman–Crippen MR) is 80.7 cm³/mol. The van der Waals surface area contributed by atoms with Gasteiger partial charge in [-0.25, -0.2) is 0 Å². The van der Waals surface area contributed by atoms with E-state index in [9.17, 15) is 9.90 Å². The molecule has 0 aliphatic carbocycles. The van der Waals surface area contributed by atoms with Gasteiger partial charge in [0.15, 0.2) is 0 Å². The van der Waals surface area contributed by atoms with Crippen molar-refractivity contribution in [1.82, 2.24) is 0 Å². The number of anilines is 2. The number of hydrogen-bond acceptors (Lipinski definition) is 3. The molecule has 0 saturated carbocycles. The number of phenolic OH excluding ortho intramolecular Hbond substituents is 1. The highest BCUT2D eigenvalue weighted by Gasteiger charge is 2.08. The quantitative estimate of drug-likeness (QED) is 0.590. The first kappa shape index (κ1) is 13.9. The molecule has 0 aliphatic heterocycles. The standard InChI is InChI=1S/C16H18N2O2/c1-2-11-5-8-15(19)14(9-11)18-16(20)10-12-3-6-13(17)7-4-12/h3-9,19H,2,10,17H2,1H3,(H,18,20). The molecule has 0 spiro atoms. The summed E-state index contributed by atoms with van der Waals surface area (Å²) in [5, 5.41) is 12.5. The van der Waals surface area contributed by atoms with Crippen LogP contribution < -0.4 is 11.1 Å². The number of aryl methyl sites for hydroxylation is 1. The highest BCUT2D eigenvalue weighted by atomic mass is 16.3. The molecule has 0 heterocycles. The number of hydrogen-bond donors (Lipinski definition) is 3. The van der Waals surface area contributed by atoms with Crippen LogP contribution in [0.15, 0.2) is 42.5 Å². The molecular weight excluding hydrogens is 252 g/mol. The van der Waals surface area contributed by atoms with Crippen molar-refractivity contribution in [2.75, 3.05) is 11.1 Å². The van der Waals surface area contributed by atoms with E-state index in [1.54, 1.807) is 24.3 Å². The molecule has 0 unspecified atom stereocenters. The molecule has 2 aromatic rings. The van der Waals surface area contributed by atoms with Crippen molar-refractivity contribution >= 4 is 17.3 Å². The lowest BCUT2D eigenvalue weighted by Gasteiger charge is -2.09. The minimum atomic E-state index is -0.168. The number of carbonyl (C=O) groups excluding carboxylic acids is 1. The van der Waals surface area contributed by atoms with E-state index in [0.29, 0.717) is 11.4 Å². The van der Waals surface area contributed by atoms with E-state index in [4.69, 9.17) is 5.73 Å². The van der Waals surface area contributed by atoms with E-state index < -0.39 is 0 Å². The van der Waals surface area contributed by atoms with Crippen molar-refractivity contribution in [3.05, 3.63) is 53.6 Å². The Kier molecular flexibility index (Phi) is 4.25. The SMILES string of the molecule is CCc1ccc(O)c(NC(=O)Cc2ccc(N)cc2)c1. The molecule has 0 atom stereocenters. The summed E-state index contributed by atoms with van der Waals surface area (Å²) in [4.78, 5) is 12.0. The third-order valence-electron chi connectivity index (χ3n) is 3.09. The fourth-order valence-electron chi connectivity index (χ4n) is 1.92. The van der Waals surface area contributed by atoms with Gasteiger partial charge in [0, 0.05) is 5.69 Å². The average Bonchev–Trinajstić information content (AvgIpc) is 2.44. The van der Waals surface area contributed by atoms with E-state index in [2.05, 4.69) is 5.32 Å². The van der Waals surface area contributed by atoms with Gasteiger partial charge >= 0.3 is 0 Å². The number of rotatable bonds is 4. The Labute approximate surface area is 118 Å². The molecule has 0 aromatic heterocycles. The lowest BCUT2D eigenvalue weighted by atomic mass is 10.1. The van der Waals surface area contributed by atoms with Crippen LogP contribution in [0, 0.1) is 0 Å². The van der Waals surface area contributed by atoms with Crippen molar-refractivity contribution in [2.45, 2.75) is 19.8 Å². The number of amides is 1. The highest BCUT2D eigenvalue weighted by molar-refractivity contribution is 5.93. The molecule has 2 aromatic carbocycles. The second-order valence-corrected chi connectivity index (χ2v) is 4.67. The van der Waals surface area contributed by atoms with Gasteiger partial charge in [-0.3, -0.25) is 4.79 Å². The molecule has 0 aliphatic rings. The van der Waals surface area contributed by atoms with Gasteiger partial charge in [0.25, 0.3) is 0 Å². The van der Waals surface area contributed by atoms with Gasteiger partial charge in [0.2, 0.25) is 5.91 Å². The molecule has 20 heavy (non-hydrogen) atoms. The number of aromatic hydroxyl groups is 1. The summed E-state index contributed by atoms with van der Waals surface area (Å²) in [7, 11) is 0. The topological polar surface area (TPSA) is 75.3 Å². The molecule has 0 bridgehead atoms. The number of nitrogens with one attached hydrogen (secondary N) is 1. The number of phenols is 1. The Bertz CT molecular complexity index is 606. The molecule has 2 rings (SSSR count). The molecule has 104 valence electrons. The lowest BCUT2D eigenvalue weighted by molar-refractivity contribution is -0.115. The first-order valence-corrected chi connectivity index (χ1v) is 6.54. The summed E-state index contributed by atoms with van der Waals surface area (Å²) in [5.74, 6) is -0.0915. The molecule has 4 heteroatoms. The zero-order valence-electron chi connectivity index (χ0n) is 11.4. The summed E-state index contributed by atoms with van der Waals surface area (Å²) >= 11 is 0. The first-order chi connectivity index (χ1) is 9.58. The van der Waals surface area contributed by atoms with Gasteiger partial charge in [-0.05, 0) is 41.8 Å². The first-order valence-electron chi connectivity index (χ1n) is 6.54. The summed E-state index contributed by atoms with van der Waals surface area (Å²) in [6, 6.07) is 12.4. The van der Waals surface area contributed by atoms with Crippen LogP contribution in [0.2, 0.25) is 0 Å². The Morgan fingerprint density at radius 2 is 1.80 bits per heavy atom. The molecular formula is C16H18N2O2. The van der Waals surface area contributed by atoms with Gasteiger partial charge in [0.05, 0.1) is 12.1 Å². The summed E-state index contributed by atoms with van der Waals surface area (Å²) in [5.41, 5.74) is 8.66. The highest BCUT2D eigenvalue weighted by Crippen LogP contribution is 2.24. The summed E-state index contributed by atoms with van der Waals surface area (Å²) in [6.07, 6.45) is 1.09. The molecule has 0 radical (unpaired) electrons. The van der Waals surface area contributed by atoms with Crippen LogP contribution in [0.5, 0.6) is 5.75 Å². The zero-order valence-corrected chi connectivity index (χ0v) is 11.4. The van der Waals surface area contributed by atoms with E-state index in [1.807, 2.05) is 25.1 Å². The fourth-order valence-corrected chi connectivity index (χ4v) is 1.92. The third-order valence-corrected chi connectivity index (χ3v) is 3.09. The molecule has 4 N–H and O–H groups in total. The van der Waals surface area contributed by atoms with Gasteiger partial charge in [0.1, 0.15) is 5.75 Å². The van der Waals surface area contributed by atoms with Crippen LogP contribution in [0.4, 0.5) is 11.4 Å². The van der Waals surface area contributed by atoms with E-state index >= 15 is 0 Å². The van der Waals surface area contributed by atoms with Gasteiger partial charge in [-0.2, -0.15) is 0 Å². The molecule has 1 amide bonds. The Morgan fingerprint density at radius 3 is 2.45 bits per heavy atom. The van der Waals surface area contributed by atoms with Crippen LogP contribution in [0.3, 0.4) is 0 Å². The fraction of sp³-hybridized carbons (Fsp3) is 0.188. The Morgan fingerprint density at radius 1 is 1.15 bits per heavy atom. The molecule has 0 fully saturated rings. The minimum absolute atomic E-state index is 0.0767. The Hall–Kier alpha value is -2.49. The van der Waals surface area contributed by atoms with Crippen LogP contribution in [0.1, 0.15) is 18.1 Å². The van der Waals surface area contributed by atoms with Gasteiger partial charge in [-0.1, -0.05) is 25.1 Å². The maximum Gasteiger partial charge on any atom is 0.228 e. The zero-order chi connectivity index (χ0) is 14.5. The molecule has 0 saturated heterocycles. The van der Waals surface area contributed by atoms with Crippen molar-refractivity contribution in [2.24, 2.45) is 0 Å². The third kappa shape index (κ3) is 3.51. The van der Waals surface area contributed by atoms with Crippen molar-refractivity contribution in [3.63, 3.8) is 0 Å². The largest absolute Gasteiger partial charge is 0.506 e. The summed E-state index contributed by atoms with van der Waals surface area (Å²) in [6.45, 7) is 2.02. The van der Waals surface area contributed by atoms with Crippen LogP contribution >= 0.6 is 0 Å². The Balaban J connectivity index is 2.06. The van der Waals surface area contributed by atoms with E-state index in [-0.39, 0.29) is 18.1 Å². The van der Waals surface area contributed by atoms with Gasteiger partial charge < -0.3 is 16.2 Å². The smallest absolute Gasteiger partial charge is 0.228 e. The maximum atomic E-state index is 12.0. The van der Waals surface area contributed by atoms with Gasteiger partial charge in [-0.15, -0.1) is 0 Å². The average molecular weight is 270 g/mol. The maximum absolute atomic E-state index is 12.0. The van der Waals surface area contributed by atoms with Crippen LogP contribution in [-0.4, -0.2) is 11.0 Å². The number of nitrogen functional groups attached to an aromatic ring is 1. The van der Waals surface area contributed by atoms with E-state index in [0.717, 1.165) is 17.5 Å².